The second kappa shape index (κ2) is 10.9. The van der Waals surface area contributed by atoms with E-state index in [1.807, 2.05) is 84.9 Å². The van der Waals surface area contributed by atoms with Gasteiger partial charge in [0.05, 0.1) is 6.04 Å². The molecule has 1 aliphatic heterocycles. The van der Waals surface area contributed by atoms with E-state index in [9.17, 15) is 14.4 Å². The maximum Gasteiger partial charge on any atom is 0.325 e. The number of esters is 1. The fourth-order valence-electron chi connectivity index (χ4n) is 4.00. The smallest absolute Gasteiger partial charge is 0.325 e. The van der Waals surface area contributed by atoms with Crippen LogP contribution in [-0.2, 0) is 38.6 Å². The predicted molar refractivity (Wildman–Crippen MR) is 127 cm³/mol. The van der Waals surface area contributed by atoms with Crippen LogP contribution in [0.25, 0.3) is 0 Å². The fraction of sp³-hybridized carbons (Fsp3) is 0.250. The summed E-state index contributed by atoms with van der Waals surface area (Å²) in [6.07, 6.45) is 0.229. The Balaban J connectivity index is 1.30. The van der Waals surface area contributed by atoms with E-state index in [1.165, 1.54) is 0 Å². The molecule has 174 valence electrons. The quantitative estimate of drug-likeness (QED) is 0.370. The molecule has 3 aromatic rings. The highest BCUT2D eigenvalue weighted by molar-refractivity contribution is 6.22. The van der Waals surface area contributed by atoms with Crippen molar-refractivity contribution in [2.75, 3.05) is 0 Å². The molecule has 0 amide bonds. The van der Waals surface area contributed by atoms with Gasteiger partial charge in [-0.05, 0) is 48.1 Å². The molecule has 0 radical (unpaired) electrons. The Morgan fingerprint density at radius 1 is 0.853 bits per heavy atom. The van der Waals surface area contributed by atoms with Crippen LogP contribution >= 0.6 is 0 Å². The van der Waals surface area contributed by atoms with E-state index in [4.69, 9.17) is 15.2 Å². The van der Waals surface area contributed by atoms with Crippen LogP contribution in [0.2, 0.25) is 0 Å². The zero-order chi connectivity index (χ0) is 23.9. The summed E-state index contributed by atoms with van der Waals surface area (Å²) >= 11 is 0. The first-order valence-corrected chi connectivity index (χ1v) is 11.3. The summed E-state index contributed by atoms with van der Waals surface area (Å²) in [6.45, 7) is 0.454. The summed E-state index contributed by atoms with van der Waals surface area (Å²) in [5.41, 5.74) is 9.01. The van der Waals surface area contributed by atoms with E-state index < -0.39 is 35.6 Å². The van der Waals surface area contributed by atoms with Gasteiger partial charge in [-0.3, -0.25) is 14.4 Å². The minimum atomic E-state index is -1.44. The first kappa shape index (κ1) is 23.4. The van der Waals surface area contributed by atoms with Gasteiger partial charge in [0.1, 0.15) is 12.4 Å². The van der Waals surface area contributed by atoms with E-state index in [2.05, 4.69) is 0 Å². The molecule has 6 heteroatoms. The molecule has 0 aliphatic carbocycles. The molecule has 0 bridgehead atoms. The summed E-state index contributed by atoms with van der Waals surface area (Å²) in [5.74, 6) is -2.63. The number of aryl methyl sites for hydroxylation is 1. The lowest BCUT2D eigenvalue weighted by Crippen LogP contribution is -2.42. The van der Waals surface area contributed by atoms with E-state index in [-0.39, 0.29) is 6.42 Å². The number of ether oxygens (including phenoxy) is 2. The highest BCUT2D eigenvalue weighted by atomic mass is 16.6. The van der Waals surface area contributed by atoms with Gasteiger partial charge in [0, 0.05) is 0 Å². The summed E-state index contributed by atoms with van der Waals surface area (Å²) in [4.78, 5) is 37.9. The van der Waals surface area contributed by atoms with Crippen LogP contribution in [0.1, 0.15) is 23.1 Å². The molecule has 4 rings (SSSR count). The Kier molecular flexibility index (Phi) is 7.50. The molecule has 6 nitrogen and oxygen atoms in total. The van der Waals surface area contributed by atoms with Crippen molar-refractivity contribution in [1.29, 1.82) is 0 Å². The zero-order valence-electron chi connectivity index (χ0n) is 18.8. The molecule has 0 spiro atoms. The number of carbonyl (C=O) groups excluding carboxylic acids is 3. The Bertz CT molecular complexity index is 1130. The molecular weight excluding hydrogens is 430 g/mol. The van der Waals surface area contributed by atoms with Crippen molar-refractivity contribution in [3.63, 3.8) is 0 Å². The Morgan fingerprint density at radius 3 is 2.12 bits per heavy atom. The SMILES string of the molecule is N[C@H](Cc1ccc(OCc2ccccc2)cc1)C(=O)C1C(=O)O[C@@H](CCc2ccccc2)C1=O. The van der Waals surface area contributed by atoms with E-state index in [0.29, 0.717) is 25.2 Å². The summed E-state index contributed by atoms with van der Waals surface area (Å²) in [5, 5.41) is 0. The minimum Gasteiger partial charge on any atom is -0.489 e. The summed E-state index contributed by atoms with van der Waals surface area (Å²) in [6, 6.07) is 25.7. The minimum absolute atomic E-state index is 0.212. The third-order valence-corrected chi connectivity index (χ3v) is 5.91. The second-order valence-corrected chi connectivity index (χ2v) is 8.42. The van der Waals surface area contributed by atoms with Gasteiger partial charge in [-0.1, -0.05) is 72.8 Å². The van der Waals surface area contributed by atoms with Crippen LogP contribution in [-0.4, -0.2) is 29.7 Å². The van der Waals surface area contributed by atoms with Gasteiger partial charge in [0.15, 0.2) is 23.6 Å². The number of rotatable bonds is 10. The third-order valence-electron chi connectivity index (χ3n) is 5.91. The van der Waals surface area contributed by atoms with Crippen LogP contribution in [0, 0.1) is 5.92 Å². The van der Waals surface area contributed by atoms with Crippen molar-refractivity contribution in [1.82, 2.24) is 0 Å². The lowest BCUT2D eigenvalue weighted by Gasteiger charge is -2.13. The van der Waals surface area contributed by atoms with Gasteiger partial charge >= 0.3 is 5.97 Å². The monoisotopic (exact) mass is 457 g/mol. The predicted octanol–water partition coefficient (Wildman–Crippen LogP) is 3.45. The highest BCUT2D eigenvalue weighted by Crippen LogP contribution is 2.24. The molecule has 3 aromatic carbocycles. The largest absolute Gasteiger partial charge is 0.489 e. The molecule has 2 N–H and O–H groups in total. The molecule has 1 unspecified atom stereocenters. The van der Waals surface area contributed by atoms with Crippen molar-refractivity contribution in [2.45, 2.75) is 38.0 Å². The highest BCUT2D eigenvalue weighted by Gasteiger charge is 2.48. The molecule has 0 aromatic heterocycles. The topological polar surface area (TPSA) is 95.7 Å². The third kappa shape index (κ3) is 5.77. The molecule has 1 saturated heterocycles. The number of hydrogen-bond acceptors (Lipinski definition) is 6. The molecule has 1 heterocycles. The lowest BCUT2D eigenvalue weighted by atomic mass is 9.90. The van der Waals surface area contributed by atoms with Crippen molar-refractivity contribution in [3.05, 3.63) is 102 Å². The lowest BCUT2D eigenvalue weighted by molar-refractivity contribution is -0.147. The van der Waals surface area contributed by atoms with Gasteiger partial charge < -0.3 is 15.2 Å². The first-order valence-electron chi connectivity index (χ1n) is 11.3. The number of benzene rings is 3. The zero-order valence-corrected chi connectivity index (χ0v) is 18.8. The second-order valence-electron chi connectivity index (χ2n) is 8.42. The Hall–Kier alpha value is -3.77. The van der Waals surface area contributed by atoms with Gasteiger partial charge in [0.25, 0.3) is 0 Å². The maximum atomic E-state index is 12.8. The van der Waals surface area contributed by atoms with Crippen molar-refractivity contribution < 1.29 is 23.9 Å². The van der Waals surface area contributed by atoms with E-state index in [0.717, 1.165) is 16.7 Å². The number of carbonyl (C=O) groups is 3. The van der Waals surface area contributed by atoms with Gasteiger partial charge in [-0.2, -0.15) is 0 Å². The maximum absolute atomic E-state index is 12.8. The van der Waals surface area contributed by atoms with Crippen molar-refractivity contribution in [3.8, 4) is 5.75 Å². The van der Waals surface area contributed by atoms with Gasteiger partial charge in [-0.15, -0.1) is 0 Å². The van der Waals surface area contributed by atoms with Crippen LogP contribution in [0.15, 0.2) is 84.9 Å². The molecule has 3 atom stereocenters. The number of nitrogens with two attached hydrogens (primary N) is 1. The number of cyclic esters (lactones) is 1. The molecule has 34 heavy (non-hydrogen) atoms. The Morgan fingerprint density at radius 2 is 1.47 bits per heavy atom. The summed E-state index contributed by atoms with van der Waals surface area (Å²) < 4.78 is 11.0. The molecule has 0 saturated carbocycles. The average molecular weight is 458 g/mol. The van der Waals surface area contributed by atoms with E-state index in [1.54, 1.807) is 0 Å². The van der Waals surface area contributed by atoms with Crippen LogP contribution < -0.4 is 10.5 Å². The fourth-order valence-corrected chi connectivity index (χ4v) is 4.00. The van der Waals surface area contributed by atoms with Crippen LogP contribution in [0.5, 0.6) is 5.75 Å². The van der Waals surface area contributed by atoms with Crippen LogP contribution in [0.3, 0.4) is 0 Å². The van der Waals surface area contributed by atoms with Crippen molar-refractivity contribution in [2.24, 2.45) is 11.7 Å². The summed E-state index contributed by atoms with van der Waals surface area (Å²) in [7, 11) is 0. The van der Waals surface area contributed by atoms with Crippen molar-refractivity contribution >= 4 is 17.5 Å². The normalized spacial score (nSPS) is 18.4. The molecular formula is C28H27NO5. The van der Waals surface area contributed by atoms with Gasteiger partial charge in [-0.25, -0.2) is 0 Å². The molecule has 1 aliphatic rings. The first-order chi connectivity index (χ1) is 16.5. The standard InChI is InChI=1S/C28H27NO5/c29-23(17-20-11-14-22(15-12-20)33-18-21-9-5-2-6-10-21)26(30)25-27(31)24(34-28(25)32)16-13-19-7-3-1-4-8-19/h1-12,14-15,23-25H,13,16-18,29H2/t23-,24+,25?/m1/s1. The Labute approximate surface area is 198 Å². The number of hydrogen-bond donors (Lipinski definition) is 1. The number of Topliss-reactive ketones (excluding diaryl/α,β-unsaturated/α-hetero) is 2. The van der Waals surface area contributed by atoms with Gasteiger partial charge in [0.2, 0.25) is 0 Å². The van der Waals surface area contributed by atoms with E-state index >= 15 is 0 Å². The average Bonchev–Trinajstić information content (AvgIpc) is 3.15. The molecule has 1 fully saturated rings. The number of ketones is 2. The van der Waals surface area contributed by atoms with Crippen LogP contribution in [0.4, 0.5) is 0 Å².